The molecule has 0 spiro atoms. The minimum Gasteiger partial charge on any atom is -0.394 e. The van der Waals surface area contributed by atoms with Gasteiger partial charge < -0.3 is 15.7 Å². The van der Waals surface area contributed by atoms with Crippen LogP contribution in [0.25, 0.3) is 0 Å². The quantitative estimate of drug-likeness (QED) is 0.684. The summed E-state index contributed by atoms with van der Waals surface area (Å²) in [5.41, 5.74) is 1.91. The smallest absolute Gasteiger partial charge is 0.0661 e. The average molecular weight is 207 g/mol. The third kappa shape index (κ3) is 2.39. The van der Waals surface area contributed by atoms with E-state index in [-0.39, 0.29) is 12.1 Å². The number of anilines is 2. The Bertz CT molecular complexity index is 336. The van der Waals surface area contributed by atoms with Crippen molar-refractivity contribution in [2.45, 2.75) is 25.3 Å². The van der Waals surface area contributed by atoms with Crippen LogP contribution in [0.1, 0.15) is 19.8 Å². The Morgan fingerprint density at radius 3 is 2.73 bits per heavy atom. The van der Waals surface area contributed by atoms with Crippen molar-refractivity contribution < 1.29 is 5.11 Å². The van der Waals surface area contributed by atoms with Gasteiger partial charge in [0.05, 0.1) is 35.9 Å². The lowest BCUT2D eigenvalue weighted by Gasteiger charge is -2.16. The standard InChI is InChI=1S/C11H17N3O/c1-2-13-9-5-10(7-12-6-9)14-11(8-15)3-4-11/h5-7,13-15H,2-4,8H2,1H3. The van der Waals surface area contributed by atoms with Crippen LogP contribution in [-0.2, 0) is 0 Å². The van der Waals surface area contributed by atoms with E-state index in [9.17, 15) is 5.11 Å². The van der Waals surface area contributed by atoms with E-state index in [1.807, 2.05) is 6.07 Å². The van der Waals surface area contributed by atoms with E-state index in [2.05, 4.69) is 22.5 Å². The molecule has 1 heterocycles. The first kappa shape index (κ1) is 10.2. The highest BCUT2D eigenvalue weighted by Gasteiger charge is 2.41. The molecule has 0 aliphatic heterocycles. The van der Waals surface area contributed by atoms with Crippen molar-refractivity contribution >= 4 is 11.4 Å². The second-order valence-corrected chi connectivity index (χ2v) is 4.06. The van der Waals surface area contributed by atoms with Crippen LogP contribution in [0.5, 0.6) is 0 Å². The molecule has 82 valence electrons. The van der Waals surface area contributed by atoms with E-state index in [1.165, 1.54) is 0 Å². The fourth-order valence-corrected chi connectivity index (χ4v) is 1.59. The first-order valence-corrected chi connectivity index (χ1v) is 5.36. The highest BCUT2D eigenvalue weighted by Crippen LogP contribution is 2.38. The zero-order valence-electron chi connectivity index (χ0n) is 8.95. The molecule has 4 nitrogen and oxygen atoms in total. The molecule has 0 bridgehead atoms. The molecule has 1 fully saturated rings. The predicted molar refractivity (Wildman–Crippen MR) is 61.1 cm³/mol. The van der Waals surface area contributed by atoms with Gasteiger partial charge in [-0.3, -0.25) is 4.98 Å². The summed E-state index contributed by atoms with van der Waals surface area (Å²) in [5, 5.41) is 15.7. The van der Waals surface area contributed by atoms with Crippen LogP contribution >= 0.6 is 0 Å². The molecule has 0 atom stereocenters. The summed E-state index contributed by atoms with van der Waals surface area (Å²) in [4.78, 5) is 4.14. The second kappa shape index (κ2) is 4.06. The number of nitrogens with zero attached hydrogens (tertiary/aromatic N) is 1. The first-order chi connectivity index (χ1) is 7.28. The van der Waals surface area contributed by atoms with Crippen LogP contribution in [0.15, 0.2) is 18.5 Å². The number of hydrogen-bond donors (Lipinski definition) is 3. The van der Waals surface area contributed by atoms with Gasteiger partial charge in [-0.25, -0.2) is 0 Å². The average Bonchev–Trinajstić information content (AvgIpc) is 3.00. The molecule has 0 aromatic carbocycles. The monoisotopic (exact) mass is 207 g/mol. The van der Waals surface area contributed by atoms with Crippen LogP contribution in [0, 0.1) is 0 Å². The summed E-state index contributed by atoms with van der Waals surface area (Å²) >= 11 is 0. The van der Waals surface area contributed by atoms with E-state index < -0.39 is 0 Å². The van der Waals surface area contributed by atoms with Crippen LogP contribution in [0.2, 0.25) is 0 Å². The van der Waals surface area contributed by atoms with Crippen molar-refractivity contribution in [3.63, 3.8) is 0 Å². The van der Waals surface area contributed by atoms with Gasteiger partial charge in [-0.2, -0.15) is 0 Å². The molecule has 0 amide bonds. The largest absolute Gasteiger partial charge is 0.394 e. The molecule has 4 heteroatoms. The number of aromatic nitrogens is 1. The number of hydrogen-bond acceptors (Lipinski definition) is 4. The Kier molecular flexibility index (Phi) is 2.77. The minimum atomic E-state index is -0.0769. The third-order valence-corrected chi connectivity index (χ3v) is 2.68. The topological polar surface area (TPSA) is 57.2 Å². The molecule has 1 aromatic rings. The molecular weight excluding hydrogens is 190 g/mol. The number of rotatable bonds is 5. The number of pyridine rings is 1. The summed E-state index contributed by atoms with van der Waals surface area (Å²) in [7, 11) is 0. The fraction of sp³-hybridized carbons (Fsp3) is 0.545. The molecule has 3 N–H and O–H groups in total. The van der Waals surface area contributed by atoms with Gasteiger partial charge >= 0.3 is 0 Å². The highest BCUT2D eigenvalue weighted by molar-refractivity contribution is 5.55. The molecule has 1 aromatic heterocycles. The molecule has 0 saturated heterocycles. The summed E-state index contributed by atoms with van der Waals surface area (Å²) in [6.45, 7) is 3.13. The Hall–Kier alpha value is -1.29. The van der Waals surface area contributed by atoms with E-state index in [0.29, 0.717) is 0 Å². The van der Waals surface area contributed by atoms with Crippen molar-refractivity contribution in [2.75, 3.05) is 23.8 Å². The first-order valence-electron chi connectivity index (χ1n) is 5.36. The Morgan fingerprint density at radius 1 is 1.40 bits per heavy atom. The van der Waals surface area contributed by atoms with Gasteiger partial charge in [0.25, 0.3) is 0 Å². The molecule has 0 unspecified atom stereocenters. The van der Waals surface area contributed by atoms with Gasteiger partial charge in [0.2, 0.25) is 0 Å². The zero-order chi connectivity index (χ0) is 10.7. The van der Waals surface area contributed by atoms with Gasteiger partial charge in [0.15, 0.2) is 0 Å². The summed E-state index contributed by atoms with van der Waals surface area (Å²) < 4.78 is 0. The molecule has 1 aliphatic carbocycles. The van der Waals surface area contributed by atoms with Crippen LogP contribution in [0.3, 0.4) is 0 Å². The number of aliphatic hydroxyl groups is 1. The van der Waals surface area contributed by atoms with Crippen molar-refractivity contribution in [1.82, 2.24) is 4.98 Å². The molecule has 0 radical (unpaired) electrons. The van der Waals surface area contributed by atoms with Crippen LogP contribution in [-0.4, -0.2) is 28.8 Å². The van der Waals surface area contributed by atoms with Gasteiger partial charge in [0, 0.05) is 6.54 Å². The Balaban J connectivity index is 2.05. The number of aliphatic hydroxyl groups excluding tert-OH is 1. The maximum atomic E-state index is 9.19. The zero-order valence-corrected chi connectivity index (χ0v) is 8.95. The Morgan fingerprint density at radius 2 is 2.13 bits per heavy atom. The summed E-state index contributed by atoms with van der Waals surface area (Å²) in [6.07, 6.45) is 5.66. The Labute approximate surface area is 89.7 Å². The molecule has 2 rings (SSSR count). The fourth-order valence-electron chi connectivity index (χ4n) is 1.59. The molecule has 1 aliphatic rings. The van der Waals surface area contributed by atoms with Gasteiger partial charge in [-0.05, 0) is 25.8 Å². The third-order valence-electron chi connectivity index (χ3n) is 2.68. The lowest BCUT2D eigenvalue weighted by molar-refractivity contribution is 0.266. The van der Waals surface area contributed by atoms with E-state index >= 15 is 0 Å². The van der Waals surface area contributed by atoms with Crippen molar-refractivity contribution in [2.24, 2.45) is 0 Å². The van der Waals surface area contributed by atoms with E-state index in [4.69, 9.17) is 0 Å². The van der Waals surface area contributed by atoms with Crippen molar-refractivity contribution in [1.29, 1.82) is 0 Å². The van der Waals surface area contributed by atoms with Gasteiger partial charge in [-0.1, -0.05) is 0 Å². The SMILES string of the molecule is CCNc1cncc(NC2(CO)CC2)c1. The normalized spacial score (nSPS) is 17.2. The summed E-state index contributed by atoms with van der Waals surface area (Å²) in [5.74, 6) is 0. The van der Waals surface area contributed by atoms with E-state index in [1.54, 1.807) is 12.4 Å². The molecule has 15 heavy (non-hydrogen) atoms. The maximum Gasteiger partial charge on any atom is 0.0661 e. The van der Waals surface area contributed by atoms with Gasteiger partial charge in [-0.15, -0.1) is 0 Å². The minimum absolute atomic E-state index is 0.0769. The van der Waals surface area contributed by atoms with Crippen LogP contribution in [0.4, 0.5) is 11.4 Å². The summed E-state index contributed by atoms with van der Waals surface area (Å²) in [6, 6.07) is 2.02. The predicted octanol–water partition coefficient (Wildman–Crippen LogP) is 1.45. The highest BCUT2D eigenvalue weighted by atomic mass is 16.3. The molecular formula is C11H17N3O. The lowest BCUT2D eigenvalue weighted by atomic mass is 10.2. The number of nitrogens with one attached hydrogen (secondary N) is 2. The maximum absolute atomic E-state index is 9.19. The van der Waals surface area contributed by atoms with Crippen molar-refractivity contribution in [3.05, 3.63) is 18.5 Å². The van der Waals surface area contributed by atoms with Crippen molar-refractivity contribution in [3.8, 4) is 0 Å². The second-order valence-electron chi connectivity index (χ2n) is 4.06. The lowest BCUT2D eigenvalue weighted by Crippen LogP contribution is -2.25. The molecule has 1 saturated carbocycles. The van der Waals surface area contributed by atoms with E-state index in [0.717, 1.165) is 30.8 Å². The van der Waals surface area contributed by atoms with Crippen LogP contribution < -0.4 is 10.6 Å². The van der Waals surface area contributed by atoms with Gasteiger partial charge in [0.1, 0.15) is 0 Å².